The van der Waals surface area contributed by atoms with E-state index in [0.717, 1.165) is 10.5 Å². The van der Waals surface area contributed by atoms with Crippen molar-refractivity contribution < 1.29 is 29.2 Å². The number of benzene rings is 3. The predicted molar refractivity (Wildman–Crippen MR) is 159 cm³/mol. The minimum atomic E-state index is -1.27. The first-order valence-corrected chi connectivity index (χ1v) is 14.6. The SMILES string of the molecule is Cc1cccc(C2C3=CCC4C(=O)N(c5cccc([N+](=O)[O-])c5)C(=O)C4C3CC3C(=O)N(c4ccccc4)C(=O)C32C)c1O. The van der Waals surface area contributed by atoms with Gasteiger partial charge in [-0.25, -0.2) is 9.80 Å². The summed E-state index contributed by atoms with van der Waals surface area (Å²) < 4.78 is 0. The Morgan fingerprint density at radius 1 is 0.864 bits per heavy atom. The Bertz CT molecular complexity index is 1820. The number of nitro groups is 1. The Kier molecular flexibility index (Phi) is 6.11. The largest absolute Gasteiger partial charge is 0.507 e. The number of nitrogens with zero attached hydrogens (tertiary/aromatic N) is 3. The molecule has 6 unspecified atom stereocenters. The fourth-order valence-electron chi connectivity index (χ4n) is 8.10. The quantitative estimate of drug-likeness (QED) is 0.194. The molecule has 4 aliphatic rings. The zero-order valence-corrected chi connectivity index (χ0v) is 24.0. The van der Waals surface area contributed by atoms with Gasteiger partial charge < -0.3 is 5.11 Å². The molecule has 2 aliphatic carbocycles. The van der Waals surface area contributed by atoms with Gasteiger partial charge in [-0.15, -0.1) is 0 Å². The molecule has 3 aromatic carbocycles. The Morgan fingerprint density at radius 3 is 2.30 bits per heavy atom. The van der Waals surface area contributed by atoms with Crippen LogP contribution in [0.15, 0.2) is 84.4 Å². The van der Waals surface area contributed by atoms with E-state index in [1.54, 1.807) is 62.4 Å². The van der Waals surface area contributed by atoms with Crippen molar-refractivity contribution in [1.82, 2.24) is 0 Å². The number of nitro benzene ring substituents is 1. The zero-order valence-electron chi connectivity index (χ0n) is 24.0. The van der Waals surface area contributed by atoms with Gasteiger partial charge in [0, 0.05) is 23.6 Å². The lowest BCUT2D eigenvalue weighted by Gasteiger charge is -2.49. The first-order valence-electron chi connectivity index (χ1n) is 14.6. The van der Waals surface area contributed by atoms with E-state index in [4.69, 9.17) is 0 Å². The predicted octanol–water partition coefficient (Wildman–Crippen LogP) is 5.04. The summed E-state index contributed by atoms with van der Waals surface area (Å²) in [5, 5.41) is 22.8. The fourth-order valence-corrected chi connectivity index (χ4v) is 8.10. The van der Waals surface area contributed by atoms with E-state index < -0.39 is 51.7 Å². The van der Waals surface area contributed by atoms with Crippen LogP contribution >= 0.6 is 0 Å². The van der Waals surface area contributed by atoms with Crippen molar-refractivity contribution in [2.45, 2.75) is 32.6 Å². The van der Waals surface area contributed by atoms with E-state index >= 15 is 0 Å². The third kappa shape index (κ3) is 3.66. The Morgan fingerprint density at radius 2 is 1.57 bits per heavy atom. The number of carbonyl (C=O) groups excluding carboxylic acids is 4. The number of allylic oxidation sites excluding steroid dienone is 2. The summed E-state index contributed by atoms with van der Waals surface area (Å²) in [4.78, 5) is 69.6. The maximum Gasteiger partial charge on any atom is 0.271 e. The third-order valence-electron chi connectivity index (χ3n) is 10.2. The van der Waals surface area contributed by atoms with Crippen molar-refractivity contribution in [2.24, 2.45) is 29.1 Å². The van der Waals surface area contributed by atoms with Crippen LogP contribution in [0.1, 0.15) is 36.8 Å². The Balaban J connectivity index is 1.37. The molecule has 2 heterocycles. The third-order valence-corrected chi connectivity index (χ3v) is 10.2. The van der Waals surface area contributed by atoms with Gasteiger partial charge in [-0.1, -0.05) is 54.1 Å². The molecule has 7 rings (SSSR count). The number of imide groups is 2. The highest BCUT2D eigenvalue weighted by Gasteiger charge is 2.68. The maximum atomic E-state index is 14.4. The van der Waals surface area contributed by atoms with E-state index in [9.17, 15) is 34.4 Å². The number of phenolic OH excluding ortho intramolecular Hbond substituents is 1. The molecule has 1 saturated carbocycles. The molecule has 0 spiro atoms. The van der Waals surface area contributed by atoms with Crippen LogP contribution in [0.3, 0.4) is 0 Å². The van der Waals surface area contributed by atoms with E-state index in [1.807, 2.05) is 6.08 Å². The number of carbonyl (C=O) groups is 4. The van der Waals surface area contributed by atoms with E-state index in [0.29, 0.717) is 16.8 Å². The number of hydrogen-bond acceptors (Lipinski definition) is 7. The maximum absolute atomic E-state index is 14.4. The summed E-state index contributed by atoms with van der Waals surface area (Å²) in [5.41, 5.74) is 0.930. The smallest absolute Gasteiger partial charge is 0.271 e. The van der Waals surface area contributed by atoms with Crippen LogP contribution in [-0.4, -0.2) is 33.7 Å². The van der Waals surface area contributed by atoms with Gasteiger partial charge in [0.1, 0.15) is 5.75 Å². The van der Waals surface area contributed by atoms with Crippen LogP contribution in [0.2, 0.25) is 0 Å². The number of fused-ring (bicyclic) bond motifs is 4. The average Bonchev–Trinajstić information content (AvgIpc) is 3.38. The topological polar surface area (TPSA) is 138 Å². The zero-order chi connectivity index (χ0) is 31.1. The molecule has 1 N–H and O–H groups in total. The molecule has 10 heteroatoms. The number of para-hydroxylation sites is 2. The van der Waals surface area contributed by atoms with Crippen LogP contribution in [0.5, 0.6) is 5.75 Å². The van der Waals surface area contributed by atoms with Crippen LogP contribution in [0.25, 0.3) is 0 Å². The highest BCUT2D eigenvalue weighted by molar-refractivity contribution is 6.25. The molecule has 2 aliphatic heterocycles. The van der Waals surface area contributed by atoms with Gasteiger partial charge in [0.05, 0.1) is 39.5 Å². The minimum Gasteiger partial charge on any atom is -0.507 e. The summed E-state index contributed by atoms with van der Waals surface area (Å²) in [6.45, 7) is 3.53. The first-order chi connectivity index (χ1) is 21.1. The molecule has 0 bridgehead atoms. The van der Waals surface area contributed by atoms with E-state index in [-0.39, 0.29) is 41.8 Å². The second-order valence-corrected chi connectivity index (χ2v) is 12.3. The number of rotatable bonds is 4. The highest BCUT2D eigenvalue weighted by Crippen LogP contribution is 2.64. The van der Waals surface area contributed by atoms with Gasteiger partial charge in [0.15, 0.2) is 0 Å². The van der Waals surface area contributed by atoms with E-state index in [1.165, 1.54) is 29.2 Å². The molecule has 44 heavy (non-hydrogen) atoms. The van der Waals surface area contributed by atoms with Crippen molar-refractivity contribution in [3.8, 4) is 5.75 Å². The molecular formula is C34H29N3O7. The van der Waals surface area contributed by atoms with Gasteiger partial charge in [-0.05, 0) is 56.4 Å². The lowest BCUT2D eigenvalue weighted by atomic mass is 9.51. The Hall–Kier alpha value is -5.12. The van der Waals surface area contributed by atoms with Crippen molar-refractivity contribution in [1.29, 1.82) is 0 Å². The molecule has 0 radical (unpaired) electrons. The standard InChI is InChI=1S/C34H29N3O7/c1-18-8-6-13-24(29(18)38)28-22-14-15-23-27(32(41)35(30(23)39)20-11-7-12-21(16-20)37(43)44)25(22)17-26-31(40)36(33(42)34(26,28)2)19-9-4-3-5-10-19/h3-14,16,23,25-28,38H,15,17H2,1-2H3. The second-order valence-electron chi connectivity index (χ2n) is 12.3. The van der Waals surface area contributed by atoms with Gasteiger partial charge in [-0.3, -0.25) is 29.3 Å². The summed E-state index contributed by atoms with van der Waals surface area (Å²) in [6, 6.07) is 19.5. The van der Waals surface area contributed by atoms with Crippen molar-refractivity contribution in [3.05, 3.63) is 106 Å². The van der Waals surface area contributed by atoms with Crippen LogP contribution in [0.4, 0.5) is 17.1 Å². The normalized spacial score (nSPS) is 29.3. The van der Waals surface area contributed by atoms with Gasteiger partial charge in [-0.2, -0.15) is 0 Å². The number of phenols is 1. The molecule has 0 aromatic heterocycles. The summed E-state index contributed by atoms with van der Waals surface area (Å²) >= 11 is 0. The fraction of sp³-hybridized carbons (Fsp3) is 0.294. The van der Waals surface area contributed by atoms with Crippen LogP contribution in [0, 0.1) is 46.1 Å². The first kappa shape index (κ1) is 27.7. The lowest BCUT2D eigenvalue weighted by molar-refractivity contribution is -0.384. The molecule has 3 fully saturated rings. The molecule has 10 nitrogen and oxygen atoms in total. The molecular weight excluding hydrogens is 562 g/mol. The minimum absolute atomic E-state index is 0.0200. The molecule has 4 amide bonds. The molecule has 6 atom stereocenters. The lowest BCUT2D eigenvalue weighted by Crippen LogP contribution is -2.49. The Labute approximate surface area is 252 Å². The van der Waals surface area contributed by atoms with E-state index in [2.05, 4.69) is 0 Å². The summed E-state index contributed by atoms with van der Waals surface area (Å²) in [6.07, 6.45) is 2.30. The molecule has 222 valence electrons. The highest BCUT2D eigenvalue weighted by atomic mass is 16.6. The van der Waals surface area contributed by atoms with Crippen LogP contribution < -0.4 is 9.80 Å². The van der Waals surface area contributed by atoms with Gasteiger partial charge in [0.2, 0.25) is 23.6 Å². The monoisotopic (exact) mass is 591 g/mol. The average molecular weight is 592 g/mol. The van der Waals surface area contributed by atoms with Crippen molar-refractivity contribution >= 4 is 40.7 Å². The number of aromatic hydroxyl groups is 1. The molecule has 3 aromatic rings. The van der Waals surface area contributed by atoms with Crippen LogP contribution in [-0.2, 0) is 19.2 Å². The summed E-state index contributed by atoms with van der Waals surface area (Å²) in [7, 11) is 0. The molecule has 2 saturated heterocycles. The number of aryl methyl sites for hydroxylation is 1. The van der Waals surface area contributed by atoms with Gasteiger partial charge in [0.25, 0.3) is 5.69 Å². The summed E-state index contributed by atoms with van der Waals surface area (Å²) in [5.74, 6) is -5.33. The number of non-ortho nitro benzene ring substituents is 1. The second kappa shape index (κ2) is 9.70. The van der Waals surface area contributed by atoms with Crippen molar-refractivity contribution in [3.63, 3.8) is 0 Å². The van der Waals surface area contributed by atoms with Gasteiger partial charge >= 0.3 is 0 Å². The number of anilines is 2. The van der Waals surface area contributed by atoms with Crippen molar-refractivity contribution in [2.75, 3.05) is 9.80 Å². The number of hydrogen-bond donors (Lipinski definition) is 1. The number of amides is 4.